The van der Waals surface area contributed by atoms with Crippen molar-refractivity contribution in [3.05, 3.63) is 95.1 Å². The summed E-state index contributed by atoms with van der Waals surface area (Å²) in [4.78, 5) is 42.2. The number of hydrogen-bond donors (Lipinski definition) is 1. The van der Waals surface area contributed by atoms with E-state index >= 15 is 0 Å². The molecular weight excluding hydrogens is 514 g/mol. The lowest BCUT2D eigenvalue weighted by atomic mass is 9.89. The van der Waals surface area contributed by atoms with Crippen LogP contribution in [-0.2, 0) is 11.2 Å². The third-order valence-corrected chi connectivity index (χ3v) is 8.15. The molecule has 2 heterocycles. The molecule has 2 saturated heterocycles. The van der Waals surface area contributed by atoms with E-state index in [0.717, 1.165) is 43.6 Å². The number of rotatable bonds is 8. The third kappa shape index (κ3) is 6.62. The number of amides is 3. The highest BCUT2D eigenvalue weighted by atomic mass is 16.5. The molecule has 3 aromatic rings. The van der Waals surface area contributed by atoms with Crippen molar-refractivity contribution in [3.8, 4) is 5.75 Å². The lowest BCUT2D eigenvalue weighted by Crippen LogP contribution is -2.54. The second kappa shape index (κ2) is 12.6. The molecule has 0 radical (unpaired) electrons. The van der Waals surface area contributed by atoms with Gasteiger partial charge in [-0.2, -0.15) is 0 Å². The lowest BCUT2D eigenvalue weighted by molar-refractivity contribution is -0.123. The molecule has 41 heavy (non-hydrogen) atoms. The summed E-state index contributed by atoms with van der Waals surface area (Å²) in [5, 5.41) is 3.00. The Balaban J connectivity index is 1.08. The first-order valence-electron chi connectivity index (χ1n) is 14.5. The predicted octanol–water partition coefficient (Wildman–Crippen LogP) is 5.62. The summed E-state index contributed by atoms with van der Waals surface area (Å²) in [6.45, 7) is 6.65. The van der Waals surface area contributed by atoms with E-state index in [1.165, 1.54) is 11.1 Å². The van der Waals surface area contributed by atoms with Crippen LogP contribution >= 0.6 is 0 Å². The molecule has 7 heteroatoms. The molecule has 0 atom stereocenters. The maximum Gasteiger partial charge on any atom is 0.257 e. The van der Waals surface area contributed by atoms with Crippen LogP contribution in [0, 0.1) is 11.8 Å². The minimum atomic E-state index is -0.235. The molecule has 0 spiro atoms. The molecule has 2 aliphatic rings. The molecular formula is C34H39N3O4. The van der Waals surface area contributed by atoms with Crippen LogP contribution in [0.15, 0.2) is 72.8 Å². The number of carbonyl (C=O) groups excluding carboxylic acids is 3. The first kappa shape index (κ1) is 28.4. The van der Waals surface area contributed by atoms with Gasteiger partial charge in [0.25, 0.3) is 11.8 Å². The average molecular weight is 554 g/mol. The fourth-order valence-electron chi connectivity index (χ4n) is 5.74. The monoisotopic (exact) mass is 553 g/mol. The Labute approximate surface area is 242 Å². The Morgan fingerprint density at radius 3 is 2.15 bits per heavy atom. The Hall–Kier alpha value is -4.13. The molecule has 214 valence electrons. The molecule has 0 aliphatic carbocycles. The summed E-state index contributed by atoms with van der Waals surface area (Å²) in [5.41, 5.74) is 4.51. The van der Waals surface area contributed by atoms with Crippen LogP contribution in [0.3, 0.4) is 0 Å². The topological polar surface area (TPSA) is 79.0 Å². The van der Waals surface area contributed by atoms with Gasteiger partial charge in [-0.3, -0.25) is 14.4 Å². The second-order valence-electron chi connectivity index (χ2n) is 11.6. The molecule has 1 N–H and O–H groups in total. The van der Waals surface area contributed by atoms with Crippen LogP contribution < -0.4 is 10.1 Å². The van der Waals surface area contributed by atoms with E-state index < -0.39 is 0 Å². The smallest absolute Gasteiger partial charge is 0.257 e. The van der Waals surface area contributed by atoms with Gasteiger partial charge in [0, 0.05) is 37.4 Å². The van der Waals surface area contributed by atoms with E-state index in [1.54, 1.807) is 30.2 Å². The number of carbonyl (C=O) groups is 3. The highest BCUT2D eigenvalue weighted by Gasteiger charge is 2.37. The van der Waals surface area contributed by atoms with Crippen LogP contribution in [0.5, 0.6) is 5.75 Å². The van der Waals surface area contributed by atoms with Gasteiger partial charge < -0.3 is 19.9 Å². The molecule has 0 unspecified atom stereocenters. The highest BCUT2D eigenvalue weighted by Crippen LogP contribution is 2.30. The van der Waals surface area contributed by atoms with Crippen molar-refractivity contribution < 1.29 is 19.1 Å². The Morgan fingerprint density at radius 1 is 0.854 bits per heavy atom. The summed E-state index contributed by atoms with van der Waals surface area (Å²) in [5.74, 6) is 1.19. The standard InChI is InChI=1S/C34H39N3O4/c1-23(2)20-24-8-10-27(11-9-24)33(39)36-18-16-26(17-19-36)25-12-14-29(15-13-25)35-32(38)28-21-37(22-28)34(40)30-6-4-5-7-31(30)41-3/h4-15,23,26,28H,16-22H2,1-3H3,(H,35,38). The molecule has 0 bridgehead atoms. The molecule has 3 amide bonds. The lowest BCUT2D eigenvalue weighted by Gasteiger charge is -2.38. The molecule has 2 fully saturated rings. The minimum Gasteiger partial charge on any atom is -0.496 e. The quantitative estimate of drug-likeness (QED) is 0.393. The van der Waals surface area contributed by atoms with Gasteiger partial charge in [-0.05, 0) is 78.6 Å². The number of anilines is 1. The van der Waals surface area contributed by atoms with Crippen molar-refractivity contribution in [1.29, 1.82) is 0 Å². The van der Waals surface area contributed by atoms with Gasteiger partial charge in [-0.15, -0.1) is 0 Å². The number of piperidine rings is 1. The van der Waals surface area contributed by atoms with Gasteiger partial charge in [0.15, 0.2) is 0 Å². The van der Waals surface area contributed by atoms with Gasteiger partial charge in [0.1, 0.15) is 5.75 Å². The number of methoxy groups -OCH3 is 1. The van der Waals surface area contributed by atoms with E-state index in [0.29, 0.717) is 36.2 Å². The molecule has 0 saturated carbocycles. The number of nitrogens with zero attached hydrogens (tertiary/aromatic N) is 2. The number of nitrogens with one attached hydrogen (secondary N) is 1. The number of para-hydroxylation sites is 1. The fourth-order valence-corrected chi connectivity index (χ4v) is 5.74. The van der Waals surface area contributed by atoms with E-state index in [4.69, 9.17) is 4.74 Å². The van der Waals surface area contributed by atoms with Gasteiger partial charge in [0.05, 0.1) is 18.6 Å². The van der Waals surface area contributed by atoms with Crippen LogP contribution in [-0.4, -0.2) is 60.8 Å². The molecule has 7 nitrogen and oxygen atoms in total. The Morgan fingerprint density at radius 2 is 1.51 bits per heavy atom. The molecule has 2 aliphatic heterocycles. The number of ether oxygens (including phenoxy) is 1. The summed E-state index contributed by atoms with van der Waals surface area (Å²) in [7, 11) is 1.54. The largest absolute Gasteiger partial charge is 0.496 e. The highest BCUT2D eigenvalue weighted by molar-refractivity contribution is 6.00. The minimum absolute atomic E-state index is 0.0779. The Kier molecular flexibility index (Phi) is 8.72. The molecule has 3 aromatic carbocycles. The predicted molar refractivity (Wildman–Crippen MR) is 160 cm³/mol. The maximum absolute atomic E-state index is 13.0. The number of benzene rings is 3. The molecule has 0 aromatic heterocycles. The van der Waals surface area contributed by atoms with Crippen molar-refractivity contribution in [3.63, 3.8) is 0 Å². The summed E-state index contributed by atoms with van der Waals surface area (Å²) >= 11 is 0. The van der Waals surface area contributed by atoms with Gasteiger partial charge in [0.2, 0.25) is 5.91 Å². The van der Waals surface area contributed by atoms with Crippen LogP contribution in [0.2, 0.25) is 0 Å². The summed E-state index contributed by atoms with van der Waals surface area (Å²) < 4.78 is 5.29. The SMILES string of the molecule is COc1ccccc1C(=O)N1CC(C(=O)Nc2ccc(C3CCN(C(=O)c4ccc(CC(C)C)cc4)CC3)cc2)C1. The van der Waals surface area contributed by atoms with Crippen LogP contribution in [0.4, 0.5) is 5.69 Å². The third-order valence-electron chi connectivity index (χ3n) is 8.15. The van der Waals surface area contributed by atoms with Crippen molar-refractivity contribution >= 4 is 23.4 Å². The summed E-state index contributed by atoms with van der Waals surface area (Å²) in [6, 6.07) is 23.2. The zero-order valence-electron chi connectivity index (χ0n) is 24.1. The van der Waals surface area contributed by atoms with Crippen molar-refractivity contribution in [2.45, 2.75) is 39.0 Å². The normalized spacial score (nSPS) is 15.9. The summed E-state index contributed by atoms with van der Waals surface area (Å²) in [6.07, 6.45) is 2.86. The zero-order chi connectivity index (χ0) is 28.9. The van der Waals surface area contributed by atoms with Gasteiger partial charge in [-0.25, -0.2) is 0 Å². The first-order valence-corrected chi connectivity index (χ1v) is 14.5. The van der Waals surface area contributed by atoms with E-state index in [9.17, 15) is 14.4 Å². The van der Waals surface area contributed by atoms with E-state index in [2.05, 4.69) is 43.4 Å². The maximum atomic E-state index is 13.0. The van der Waals surface area contributed by atoms with Crippen molar-refractivity contribution in [2.75, 3.05) is 38.6 Å². The fraction of sp³-hybridized carbons (Fsp3) is 0.382. The van der Waals surface area contributed by atoms with Crippen molar-refractivity contribution in [1.82, 2.24) is 9.80 Å². The Bertz CT molecular complexity index is 1370. The number of hydrogen-bond acceptors (Lipinski definition) is 4. The average Bonchev–Trinajstić information content (AvgIpc) is 2.96. The first-order chi connectivity index (χ1) is 19.8. The molecule has 5 rings (SSSR count). The zero-order valence-corrected chi connectivity index (χ0v) is 24.1. The van der Waals surface area contributed by atoms with E-state index in [1.807, 2.05) is 35.2 Å². The van der Waals surface area contributed by atoms with Gasteiger partial charge >= 0.3 is 0 Å². The van der Waals surface area contributed by atoms with Crippen LogP contribution in [0.1, 0.15) is 64.4 Å². The van der Waals surface area contributed by atoms with E-state index in [-0.39, 0.29) is 23.6 Å². The van der Waals surface area contributed by atoms with Crippen molar-refractivity contribution in [2.24, 2.45) is 11.8 Å². The van der Waals surface area contributed by atoms with Crippen LogP contribution in [0.25, 0.3) is 0 Å². The second-order valence-corrected chi connectivity index (χ2v) is 11.6. The van der Waals surface area contributed by atoms with Gasteiger partial charge in [-0.1, -0.05) is 50.2 Å². The number of likely N-dealkylation sites (tertiary alicyclic amines) is 2.